The molecular weight excluding hydrogens is 282 g/mol. The minimum Gasteiger partial charge on any atom is -0.493 e. The Labute approximate surface area is 128 Å². The lowest BCUT2D eigenvalue weighted by molar-refractivity contribution is 0.309. The maximum atomic E-state index is 11.4. The summed E-state index contributed by atoms with van der Waals surface area (Å²) in [5.74, 6) is 0.959. The van der Waals surface area contributed by atoms with E-state index in [-0.39, 0.29) is 11.5 Å². The van der Waals surface area contributed by atoms with Crippen LogP contribution >= 0.6 is 0 Å². The summed E-state index contributed by atoms with van der Waals surface area (Å²) in [5.41, 5.74) is 3.50. The van der Waals surface area contributed by atoms with Crippen molar-refractivity contribution in [3.05, 3.63) is 45.9 Å². The summed E-state index contributed by atoms with van der Waals surface area (Å²) in [4.78, 5) is 13.9. The quantitative estimate of drug-likeness (QED) is 0.464. The second-order valence-electron chi connectivity index (χ2n) is 4.70. The lowest BCUT2D eigenvalue weighted by Crippen LogP contribution is -2.15. The van der Waals surface area contributed by atoms with Crippen LogP contribution in [0, 0.1) is 6.92 Å². The monoisotopic (exact) mass is 301 g/mol. The van der Waals surface area contributed by atoms with Gasteiger partial charge in [-0.3, -0.25) is 9.78 Å². The van der Waals surface area contributed by atoms with E-state index in [9.17, 15) is 4.79 Å². The molecule has 0 fully saturated rings. The summed E-state index contributed by atoms with van der Waals surface area (Å²) in [7, 11) is 0. The minimum atomic E-state index is -0.295. The molecule has 1 aromatic carbocycles. The molecule has 0 aliphatic heterocycles. The summed E-state index contributed by atoms with van der Waals surface area (Å²) in [6, 6.07) is 7.61. The molecule has 2 rings (SSSR count). The van der Waals surface area contributed by atoms with Gasteiger partial charge in [-0.1, -0.05) is 25.5 Å². The molecule has 2 N–H and O–H groups in total. The van der Waals surface area contributed by atoms with Crippen molar-refractivity contribution in [1.29, 1.82) is 0 Å². The van der Waals surface area contributed by atoms with Crippen LogP contribution in [-0.4, -0.2) is 28.0 Å². The number of para-hydroxylation sites is 1. The number of ether oxygens (including phenoxy) is 1. The second-order valence-corrected chi connectivity index (χ2v) is 4.70. The first-order chi connectivity index (χ1) is 10.7. The Bertz CT molecular complexity index is 696. The third-order valence-electron chi connectivity index (χ3n) is 2.91. The molecule has 0 bridgehead atoms. The SMILES string of the molecule is CCCCOc1ccccc1/C=N/Nc1nnc(C)c(=O)[nH]1. The zero-order valence-electron chi connectivity index (χ0n) is 12.7. The summed E-state index contributed by atoms with van der Waals surface area (Å²) in [6.07, 6.45) is 3.70. The molecule has 1 aromatic heterocycles. The molecule has 0 saturated carbocycles. The second kappa shape index (κ2) is 7.92. The van der Waals surface area contributed by atoms with E-state index in [4.69, 9.17) is 4.74 Å². The van der Waals surface area contributed by atoms with Crippen LogP contribution in [0.1, 0.15) is 31.0 Å². The summed E-state index contributed by atoms with van der Waals surface area (Å²) >= 11 is 0. The van der Waals surface area contributed by atoms with Gasteiger partial charge in [-0.25, -0.2) is 5.43 Å². The van der Waals surface area contributed by atoms with Gasteiger partial charge in [0, 0.05) is 5.56 Å². The van der Waals surface area contributed by atoms with Gasteiger partial charge in [0.2, 0.25) is 5.95 Å². The maximum absolute atomic E-state index is 11.4. The van der Waals surface area contributed by atoms with Crippen molar-refractivity contribution in [3.8, 4) is 5.75 Å². The number of benzene rings is 1. The zero-order valence-corrected chi connectivity index (χ0v) is 12.7. The van der Waals surface area contributed by atoms with Crippen molar-refractivity contribution in [2.75, 3.05) is 12.0 Å². The highest BCUT2D eigenvalue weighted by Gasteiger charge is 2.01. The van der Waals surface area contributed by atoms with E-state index in [0.717, 1.165) is 24.2 Å². The van der Waals surface area contributed by atoms with Crippen molar-refractivity contribution >= 4 is 12.2 Å². The smallest absolute Gasteiger partial charge is 0.274 e. The predicted octanol–water partition coefficient (Wildman–Crippen LogP) is 2.10. The van der Waals surface area contributed by atoms with Crippen molar-refractivity contribution in [3.63, 3.8) is 0 Å². The molecule has 7 heteroatoms. The molecule has 7 nitrogen and oxygen atoms in total. The zero-order chi connectivity index (χ0) is 15.8. The van der Waals surface area contributed by atoms with Gasteiger partial charge in [0.15, 0.2) is 0 Å². The first-order valence-electron chi connectivity index (χ1n) is 7.15. The van der Waals surface area contributed by atoms with E-state index in [0.29, 0.717) is 12.3 Å². The molecule has 116 valence electrons. The molecule has 22 heavy (non-hydrogen) atoms. The van der Waals surface area contributed by atoms with Crippen molar-refractivity contribution < 1.29 is 4.74 Å². The number of aromatic nitrogens is 3. The number of aromatic amines is 1. The number of unbranched alkanes of at least 4 members (excludes halogenated alkanes) is 1. The molecule has 0 unspecified atom stereocenters. The lowest BCUT2D eigenvalue weighted by atomic mass is 10.2. The van der Waals surface area contributed by atoms with Crippen LogP contribution in [0.3, 0.4) is 0 Å². The minimum absolute atomic E-state index is 0.191. The first-order valence-corrected chi connectivity index (χ1v) is 7.15. The molecule has 0 saturated heterocycles. The number of hydrogen-bond acceptors (Lipinski definition) is 6. The van der Waals surface area contributed by atoms with Crippen LogP contribution in [0.2, 0.25) is 0 Å². The van der Waals surface area contributed by atoms with E-state index in [2.05, 4.69) is 32.6 Å². The van der Waals surface area contributed by atoms with Gasteiger partial charge in [-0.15, -0.1) is 10.2 Å². The Kier molecular flexibility index (Phi) is 5.65. The third-order valence-corrected chi connectivity index (χ3v) is 2.91. The Balaban J connectivity index is 2.03. The average Bonchev–Trinajstić information content (AvgIpc) is 2.52. The predicted molar refractivity (Wildman–Crippen MR) is 85.5 cm³/mol. The van der Waals surface area contributed by atoms with E-state index >= 15 is 0 Å². The van der Waals surface area contributed by atoms with Gasteiger partial charge in [-0.05, 0) is 25.5 Å². The summed E-state index contributed by atoms with van der Waals surface area (Å²) in [6.45, 7) is 4.37. The first kappa shape index (κ1) is 15.7. The van der Waals surface area contributed by atoms with Crippen LogP contribution in [0.4, 0.5) is 5.95 Å². The van der Waals surface area contributed by atoms with Crippen molar-refractivity contribution in [1.82, 2.24) is 15.2 Å². The van der Waals surface area contributed by atoms with Crippen LogP contribution in [-0.2, 0) is 0 Å². The standard InChI is InChI=1S/C15H19N5O2/c1-3-4-9-22-13-8-6-5-7-12(13)10-16-19-15-17-14(21)11(2)18-20-15/h5-8,10H,3-4,9H2,1-2H3,(H2,17,19,20,21)/b16-10+. The van der Waals surface area contributed by atoms with Gasteiger partial charge in [-0.2, -0.15) is 5.10 Å². The van der Waals surface area contributed by atoms with Gasteiger partial charge >= 0.3 is 0 Å². The largest absolute Gasteiger partial charge is 0.493 e. The normalized spacial score (nSPS) is 10.8. The summed E-state index contributed by atoms with van der Waals surface area (Å²) in [5, 5.41) is 11.6. The number of anilines is 1. The van der Waals surface area contributed by atoms with Crippen molar-refractivity contribution in [2.24, 2.45) is 5.10 Å². The molecule has 0 aliphatic rings. The Morgan fingerprint density at radius 3 is 2.95 bits per heavy atom. The highest BCUT2D eigenvalue weighted by atomic mass is 16.5. The van der Waals surface area contributed by atoms with Crippen LogP contribution in [0.15, 0.2) is 34.2 Å². The van der Waals surface area contributed by atoms with Gasteiger partial charge in [0.05, 0.1) is 12.8 Å². The average molecular weight is 301 g/mol. The number of hydrazone groups is 1. The number of rotatable bonds is 7. The molecule has 1 heterocycles. The third kappa shape index (κ3) is 4.41. The molecule has 0 spiro atoms. The van der Waals surface area contributed by atoms with Gasteiger partial charge in [0.1, 0.15) is 11.4 Å². The van der Waals surface area contributed by atoms with E-state index in [1.54, 1.807) is 13.1 Å². The molecule has 2 aromatic rings. The van der Waals surface area contributed by atoms with Crippen LogP contribution in [0.25, 0.3) is 0 Å². The highest BCUT2D eigenvalue weighted by Crippen LogP contribution is 2.16. The fourth-order valence-electron chi connectivity index (χ4n) is 1.65. The highest BCUT2D eigenvalue weighted by molar-refractivity contribution is 5.83. The van der Waals surface area contributed by atoms with Crippen LogP contribution in [0.5, 0.6) is 5.75 Å². The Hall–Kier alpha value is -2.70. The molecule has 0 atom stereocenters. The van der Waals surface area contributed by atoms with E-state index in [1.165, 1.54) is 0 Å². The van der Waals surface area contributed by atoms with E-state index < -0.39 is 0 Å². The fourth-order valence-corrected chi connectivity index (χ4v) is 1.65. The molecular formula is C15H19N5O2. The number of H-pyrrole nitrogens is 1. The van der Waals surface area contributed by atoms with Crippen LogP contribution < -0.4 is 15.7 Å². The molecule has 0 amide bonds. The van der Waals surface area contributed by atoms with E-state index in [1.807, 2.05) is 24.3 Å². The number of hydrogen-bond donors (Lipinski definition) is 2. The van der Waals surface area contributed by atoms with Gasteiger partial charge in [0.25, 0.3) is 5.56 Å². The van der Waals surface area contributed by atoms with Gasteiger partial charge < -0.3 is 4.74 Å². The Morgan fingerprint density at radius 2 is 2.18 bits per heavy atom. The number of nitrogens with zero attached hydrogens (tertiary/aromatic N) is 3. The maximum Gasteiger partial charge on any atom is 0.274 e. The number of aryl methyl sites for hydroxylation is 1. The molecule has 0 aliphatic carbocycles. The Morgan fingerprint density at radius 1 is 1.36 bits per heavy atom. The summed E-state index contributed by atoms with van der Waals surface area (Å²) < 4.78 is 5.71. The fraction of sp³-hybridized carbons (Fsp3) is 0.333. The van der Waals surface area contributed by atoms with Crippen molar-refractivity contribution in [2.45, 2.75) is 26.7 Å². The number of nitrogens with one attached hydrogen (secondary N) is 2. The molecule has 0 radical (unpaired) electrons. The lowest BCUT2D eigenvalue weighted by Gasteiger charge is -2.07. The topological polar surface area (TPSA) is 92.3 Å².